The topological polar surface area (TPSA) is 12.0 Å². The largest absolute Gasteiger partial charge is 0.365 e. The van der Waals surface area contributed by atoms with Crippen LogP contribution in [0.5, 0.6) is 0 Å². The molecule has 17 heavy (non-hydrogen) atoms. The monoisotopic (exact) mass is 230 g/mol. The maximum absolute atomic E-state index is 3.42. The van der Waals surface area contributed by atoms with E-state index in [1.807, 2.05) is 6.20 Å². The maximum Gasteiger partial charge on any atom is 0.0219 e. The highest BCUT2D eigenvalue weighted by Gasteiger charge is 2.14. The molecule has 2 rings (SSSR count). The van der Waals surface area contributed by atoms with Crippen LogP contribution in [0.3, 0.4) is 0 Å². The number of hydrogen-bond donors (Lipinski definition) is 1. The van der Waals surface area contributed by atoms with Gasteiger partial charge in [0, 0.05) is 17.8 Å². The van der Waals surface area contributed by atoms with Gasteiger partial charge in [-0.25, -0.2) is 0 Å². The molecule has 0 bridgehead atoms. The summed E-state index contributed by atoms with van der Waals surface area (Å²) >= 11 is 0. The van der Waals surface area contributed by atoms with Crippen molar-refractivity contribution in [1.29, 1.82) is 0 Å². The van der Waals surface area contributed by atoms with Crippen LogP contribution >= 0.6 is 0 Å². The van der Waals surface area contributed by atoms with Crippen molar-refractivity contribution >= 4 is 0 Å². The lowest BCUT2D eigenvalue weighted by atomic mass is 9.89. The predicted octanol–water partition coefficient (Wildman–Crippen LogP) is 4.64. The maximum atomic E-state index is 3.42. The van der Waals surface area contributed by atoms with Crippen LogP contribution in [0, 0.1) is 5.92 Å². The summed E-state index contributed by atoms with van der Waals surface area (Å²) in [6, 6.07) is 0. The minimum absolute atomic E-state index is 1.28. The zero-order chi connectivity index (χ0) is 11.8. The second-order valence-electron chi connectivity index (χ2n) is 5.05. The van der Waals surface area contributed by atoms with Crippen LogP contribution in [0.2, 0.25) is 0 Å². The molecule has 1 heteroatoms. The van der Waals surface area contributed by atoms with Crippen molar-refractivity contribution in [2.75, 3.05) is 0 Å². The van der Waals surface area contributed by atoms with Crippen LogP contribution in [0.4, 0.5) is 0 Å². The second-order valence-corrected chi connectivity index (χ2v) is 5.05. The first kappa shape index (κ1) is 12.5. The Bertz CT molecular complexity index is 289. The molecule has 1 aliphatic carbocycles. The average Bonchev–Trinajstić information content (AvgIpc) is 2.64. The molecule has 0 aromatic carbocycles. The highest BCUT2D eigenvalue weighted by atomic mass is 14.9. The Morgan fingerprint density at radius 1 is 0.706 bits per heavy atom. The van der Waals surface area contributed by atoms with E-state index in [2.05, 4.69) is 29.6 Å². The van der Waals surface area contributed by atoms with Gasteiger partial charge >= 0.3 is 0 Å². The lowest BCUT2D eigenvalue weighted by Gasteiger charge is -2.20. The third kappa shape index (κ3) is 4.41. The van der Waals surface area contributed by atoms with Gasteiger partial charge in [0.25, 0.3) is 0 Å². The van der Waals surface area contributed by atoms with Gasteiger partial charge < -0.3 is 5.32 Å². The lowest BCUT2D eigenvalue weighted by Crippen LogP contribution is -2.14. The zero-order valence-electron chi connectivity index (χ0n) is 10.8. The summed E-state index contributed by atoms with van der Waals surface area (Å²) in [4.78, 5) is 0. The molecule has 0 saturated heterocycles. The van der Waals surface area contributed by atoms with Gasteiger partial charge in [0.15, 0.2) is 0 Å². The molecule has 1 heterocycles. The van der Waals surface area contributed by atoms with Gasteiger partial charge in [0.1, 0.15) is 0 Å². The highest BCUT2D eigenvalue weighted by Crippen LogP contribution is 2.28. The van der Waals surface area contributed by atoms with Gasteiger partial charge in [0.05, 0.1) is 0 Å². The number of nitrogens with one attached hydrogen (secondary N) is 1. The SMILES string of the molecule is C1=CC=C([C]2CCCCCCCCC2)NC=C1. The first-order valence-electron chi connectivity index (χ1n) is 7.12. The molecule has 0 unspecified atom stereocenters. The normalized spacial score (nSPS) is 23.6. The fourth-order valence-corrected chi connectivity index (χ4v) is 2.63. The van der Waals surface area contributed by atoms with Gasteiger partial charge in [-0.15, -0.1) is 0 Å². The van der Waals surface area contributed by atoms with E-state index in [1.54, 1.807) is 5.92 Å². The predicted molar refractivity (Wildman–Crippen MR) is 74.3 cm³/mol. The van der Waals surface area contributed by atoms with E-state index in [1.165, 1.54) is 63.5 Å². The standard InChI is InChI=1S/C16H24N/c1-2-4-7-11-15(12-8-5-3-1)16-13-9-6-10-14-17-16/h6,9-10,13-14,17H,1-5,7-8,11-12H2. The second kappa shape index (κ2) is 7.37. The Morgan fingerprint density at radius 2 is 1.35 bits per heavy atom. The third-order valence-electron chi connectivity index (χ3n) is 3.66. The number of rotatable bonds is 1. The Hall–Kier alpha value is -0.980. The van der Waals surface area contributed by atoms with E-state index in [0.29, 0.717) is 0 Å². The quantitative estimate of drug-likeness (QED) is 0.692. The third-order valence-corrected chi connectivity index (χ3v) is 3.66. The molecule has 0 aromatic rings. The van der Waals surface area contributed by atoms with Crippen molar-refractivity contribution in [3.63, 3.8) is 0 Å². The molecule has 1 saturated carbocycles. The molecule has 0 spiro atoms. The first-order valence-corrected chi connectivity index (χ1v) is 7.12. The lowest BCUT2D eigenvalue weighted by molar-refractivity contribution is 0.524. The molecule has 1 radical (unpaired) electrons. The molecule has 0 amide bonds. The van der Waals surface area contributed by atoms with Gasteiger partial charge in [-0.05, 0) is 25.0 Å². The molecule has 0 aromatic heterocycles. The van der Waals surface area contributed by atoms with Crippen molar-refractivity contribution in [2.24, 2.45) is 0 Å². The van der Waals surface area contributed by atoms with E-state index in [9.17, 15) is 0 Å². The summed E-state index contributed by atoms with van der Waals surface area (Å²) in [6.45, 7) is 0. The molecule has 1 nitrogen and oxygen atoms in total. The van der Waals surface area contributed by atoms with E-state index < -0.39 is 0 Å². The summed E-state index contributed by atoms with van der Waals surface area (Å²) in [5.74, 6) is 1.63. The Balaban J connectivity index is 1.93. The summed E-state index contributed by atoms with van der Waals surface area (Å²) in [6.07, 6.45) is 22.9. The molecular formula is C16H24N. The highest BCUT2D eigenvalue weighted by molar-refractivity contribution is 5.31. The zero-order valence-corrected chi connectivity index (χ0v) is 10.8. The van der Waals surface area contributed by atoms with Crippen molar-refractivity contribution in [2.45, 2.75) is 57.8 Å². The molecule has 2 aliphatic rings. The van der Waals surface area contributed by atoms with Crippen molar-refractivity contribution in [3.8, 4) is 0 Å². The summed E-state index contributed by atoms with van der Waals surface area (Å²) in [5, 5.41) is 3.42. The van der Waals surface area contributed by atoms with E-state index in [4.69, 9.17) is 0 Å². The van der Waals surface area contributed by atoms with Crippen molar-refractivity contribution in [3.05, 3.63) is 42.1 Å². The summed E-state index contributed by atoms with van der Waals surface area (Å²) in [5.41, 5.74) is 1.34. The smallest absolute Gasteiger partial charge is 0.0219 e. The summed E-state index contributed by atoms with van der Waals surface area (Å²) in [7, 11) is 0. The average molecular weight is 230 g/mol. The Kier molecular flexibility index (Phi) is 5.41. The van der Waals surface area contributed by atoms with E-state index in [-0.39, 0.29) is 0 Å². The van der Waals surface area contributed by atoms with Gasteiger partial charge in [-0.2, -0.15) is 0 Å². The van der Waals surface area contributed by atoms with Crippen LogP contribution < -0.4 is 5.32 Å². The minimum Gasteiger partial charge on any atom is -0.365 e. The van der Waals surface area contributed by atoms with Crippen LogP contribution in [0.15, 0.2) is 36.2 Å². The van der Waals surface area contributed by atoms with Crippen LogP contribution in [-0.2, 0) is 0 Å². The van der Waals surface area contributed by atoms with E-state index >= 15 is 0 Å². The fraction of sp³-hybridized carbons (Fsp3) is 0.562. The van der Waals surface area contributed by atoms with Crippen molar-refractivity contribution in [1.82, 2.24) is 5.32 Å². The Labute approximate surface area is 106 Å². The minimum atomic E-state index is 1.28. The molecule has 0 atom stereocenters. The Morgan fingerprint density at radius 3 is 2.06 bits per heavy atom. The van der Waals surface area contributed by atoms with Crippen LogP contribution in [-0.4, -0.2) is 0 Å². The van der Waals surface area contributed by atoms with Crippen LogP contribution in [0.25, 0.3) is 0 Å². The molecule has 1 fully saturated rings. The molecule has 93 valence electrons. The first-order chi connectivity index (χ1) is 8.47. The van der Waals surface area contributed by atoms with Crippen molar-refractivity contribution < 1.29 is 0 Å². The van der Waals surface area contributed by atoms with Gasteiger partial charge in [0.2, 0.25) is 0 Å². The molecular weight excluding hydrogens is 206 g/mol. The molecule has 1 N–H and O–H groups in total. The number of hydrogen-bond acceptors (Lipinski definition) is 1. The summed E-state index contributed by atoms with van der Waals surface area (Å²) < 4.78 is 0. The fourth-order valence-electron chi connectivity index (χ4n) is 2.63. The van der Waals surface area contributed by atoms with E-state index in [0.717, 1.165) is 0 Å². The van der Waals surface area contributed by atoms with Crippen LogP contribution in [0.1, 0.15) is 57.8 Å². The van der Waals surface area contributed by atoms with Gasteiger partial charge in [-0.3, -0.25) is 0 Å². The number of allylic oxidation sites excluding steroid dienone is 5. The van der Waals surface area contributed by atoms with Gasteiger partial charge in [-0.1, -0.05) is 57.1 Å². The molecule has 1 aliphatic heterocycles.